The Hall–Kier alpha value is -3.28. The molecular weight excluding hydrogens is 441 g/mol. The number of sulfonamides is 1. The Morgan fingerprint density at radius 3 is 2.12 bits per heavy atom. The zero-order valence-corrected chi connectivity index (χ0v) is 17.8. The number of halogens is 1. The topological polar surface area (TPSA) is 131 Å². The molecule has 9 nitrogen and oxygen atoms in total. The van der Waals surface area contributed by atoms with Crippen LogP contribution in [0, 0.1) is 5.82 Å². The van der Waals surface area contributed by atoms with Gasteiger partial charge in [0.1, 0.15) is 5.82 Å². The van der Waals surface area contributed by atoms with Crippen LogP contribution in [0.1, 0.15) is 5.56 Å². The summed E-state index contributed by atoms with van der Waals surface area (Å²) in [6.07, 6.45) is 2.02. The predicted octanol–water partition coefficient (Wildman–Crippen LogP) is 1.97. The van der Waals surface area contributed by atoms with Gasteiger partial charge in [-0.2, -0.15) is 4.31 Å². The minimum Gasteiger partial charge on any atom is -0.473 e. The molecule has 32 heavy (non-hydrogen) atoms. The smallest absolute Gasteiger partial charge is 0.414 e. The van der Waals surface area contributed by atoms with Crippen molar-refractivity contribution in [2.75, 3.05) is 26.2 Å². The van der Waals surface area contributed by atoms with E-state index < -0.39 is 27.8 Å². The summed E-state index contributed by atoms with van der Waals surface area (Å²) in [6, 6.07) is 13.2. The molecule has 0 bridgehead atoms. The molecule has 0 amide bonds. The van der Waals surface area contributed by atoms with Gasteiger partial charge < -0.3 is 15.2 Å². The highest BCUT2D eigenvalue weighted by atomic mass is 32.2. The number of carboxylic acid groups (broad SMARTS) is 2. The van der Waals surface area contributed by atoms with E-state index in [4.69, 9.17) is 19.8 Å². The number of aliphatic carboxylic acids is 2. The summed E-state index contributed by atoms with van der Waals surface area (Å²) >= 11 is 0. The number of para-hydroxylation sites is 1. The van der Waals surface area contributed by atoms with Gasteiger partial charge in [0.2, 0.25) is 10.0 Å². The molecule has 1 fully saturated rings. The van der Waals surface area contributed by atoms with Gasteiger partial charge in [0, 0.05) is 49.8 Å². The van der Waals surface area contributed by atoms with Gasteiger partial charge in [0.25, 0.3) is 0 Å². The van der Waals surface area contributed by atoms with Gasteiger partial charge in [-0.3, -0.25) is 4.90 Å². The standard InChI is InChI=1S/C19H20FN3O2S.C2H2O4/c20-16-5-7-17(8-6-16)26(24,25)23-11-9-22(10-12-23)14-15-13-21-19-4-2-1-3-18(15)19;3-1(4)2(5)6/h1-8,13,21H,9-12,14H2;(H,3,4)(H,5,6). The average Bonchev–Trinajstić information content (AvgIpc) is 3.18. The highest BCUT2D eigenvalue weighted by molar-refractivity contribution is 7.89. The molecule has 0 radical (unpaired) electrons. The number of rotatable bonds is 4. The normalized spacial score (nSPS) is 15.2. The third-order valence-corrected chi connectivity index (χ3v) is 6.95. The molecule has 2 heterocycles. The number of carbonyl (C=O) groups is 2. The van der Waals surface area contributed by atoms with E-state index >= 15 is 0 Å². The lowest BCUT2D eigenvalue weighted by molar-refractivity contribution is -0.159. The number of aromatic amines is 1. The summed E-state index contributed by atoms with van der Waals surface area (Å²) in [4.78, 5) is 23.9. The Bertz CT molecular complexity index is 1190. The molecule has 0 unspecified atom stereocenters. The SMILES string of the molecule is O=C(O)C(=O)O.O=S(=O)(c1ccc(F)cc1)N1CCN(Cc2c[nH]c3ccccc23)CC1. The number of aromatic nitrogens is 1. The quantitative estimate of drug-likeness (QED) is 0.504. The number of carboxylic acids is 2. The van der Waals surface area contributed by atoms with E-state index in [9.17, 15) is 12.8 Å². The van der Waals surface area contributed by atoms with Gasteiger partial charge in [-0.1, -0.05) is 18.2 Å². The number of hydrogen-bond donors (Lipinski definition) is 3. The van der Waals surface area contributed by atoms with Crippen molar-refractivity contribution in [2.45, 2.75) is 11.4 Å². The molecule has 1 aliphatic rings. The zero-order chi connectivity index (χ0) is 23.3. The number of fused-ring (bicyclic) bond motifs is 1. The summed E-state index contributed by atoms with van der Waals surface area (Å²) in [6.45, 7) is 2.98. The van der Waals surface area contributed by atoms with Crippen LogP contribution in [-0.4, -0.2) is 70.9 Å². The summed E-state index contributed by atoms with van der Waals surface area (Å²) in [7, 11) is -3.57. The maximum Gasteiger partial charge on any atom is 0.414 e. The van der Waals surface area contributed by atoms with Crippen molar-refractivity contribution < 1.29 is 32.6 Å². The molecule has 0 aliphatic carbocycles. The molecule has 3 N–H and O–H groups in total. The van der Waals surface area contributed by atoms with Crippen LogP contribution >= 0.6 is 0 Å². The Morgan fingerprint density at radius 2 is 1.53 bits per heavy atom. The number of nitrogens with one attached hydrogen (secondary N) is 1. The molecule has 1 aliphatic heterocycles. The average molecular weight is 463 g/mol. The Morgan fingerprint density at radius 1 is 0.938 bits per heavy atom. The van der Waals surface area contributed by atoms with Crippen LogP contribution in [0.2, 0.25) is 0 Å². The van der Waals surface area contributed by atoms with Crippen molar-refractivity contribution in [3.8, 4) is 0 Å². The lowest BCUT2D eigenvalue weighted by Crippen LogP contribution is -2.48. The van der Waals surface area contributed by atoms with Crippen molar-refractivity contribution in [3.63, 3.8) is 0 Å². The van der Waals surface area contributed by atoms with Gasteiger partial charge in [-0.05, 0) is 35.9 Å². The Kier molecular flexibility index (Phi) is 7.23. The van der Waals surface area contributed by atoms with Crippen molar-refractivity contribution in [2.24, 2.45) is 0 Å². The van der Waals surface area contributed by atoms with Gasteiger partial charge in [-0.25, -0.2) is 22.4 Å². The Balaban J connectivity index is 0.000000427. The molecule has 0 atom stereocenters. The van der Waals surface area contributed by atoms with Crippen LogP contribution < -0.4 is 0 Å². The summed E-state index contributed by atoms with van der Waals surface area (Å²) < 4.78 is 39.9. The van der Waals surface area contributed by atoms with Gasteiger partial charge in [-0.15, -0.1) is 0 Å². The first-order chi connectivity index (χ1) is 15.2. The fourth-order valence-corrected chi connectivity index (χ4v) is 4.81. The van der Waals surface area contributed by atoms with E-state index in [0.29, 0.717) is 26.2 Å². The zero-order valence-electron chi connectivity index (χ0n) is 16.9. The van der Waals surface area contributed by atoms with E-state index in [2.05, 4.69) is 16.0 Å². The maximum absolute atomic E-state index is 13.0. The van der Waals surface area contributed by atoms with Gasteiger partial charge in [0.15, 0.2) is 0 Å². The van der Waals surface area contributed by atoms with Crippen molar-refractivity contribution in [1.82, 2.24) is 14.2 Å². The second-order valence-corrected chi connectivity index (χ2v) is 9.04. The molecule has 2 aromatic carbocycles. The molecule has 170 valence electrons. The molecule has 0 saturated carbocycles. The van der Waals surface area contributed by atoms with Crippen LogP contribution in [0.4, 0.5) is 4.39 Å². The van der Waals surface area contributed by atoms with Gasteiger partial charge in [0.05, 0.1) is 4.90 Å². The van der Waals surface area contributed by atoms with Crippen molar-refractivity contribution in [3.05, 3.63) is 66.1 Å². The van der Waals surface area contributed by atoms with Gasteiger partial charge >= 0.3 is 11.9 Å². The summed E-state index contributed by atoms with van der Waals surface area (Å²) in [5.41, 5.74) is 2.33. The minimum absolute atomic E-state index is 0.143. The van der Waals surface area contributed by atoms with E-state index in [0.717, 1.165) is 12.1 Å². The molecule has 1 saturated heterocycles. The largest absolute Gasteiger partial charge is 0.473 e. The summed E-state index contributed by atoms with van der Waals surface area (Å²) in [5.74, 6) is -4.09. The van der Waals surface area contributed by atoms with Crippen molar-refractivity contribution in [1.29, 1.82) is 0 Å². The Labute approximate surface area is 183 Å². The molecular formula is C21H22FN3O6S. The number of hydrogen-bond acceptors (Lipinski definition) is 5. The van der Waals surface area contributed by atoms with Crippen LogP contribution in [0.25, 0.3) is 10.9 Å². The fourth-order valence-electron chi connectivity index (χ4n) is 3.39. The second-order valence-electron chi connectivity index (χ2n) is 7.10. The third-order valence-electron chi connectivity index (χ3n) is 5.03. The molecule has 11 heteroatoms. The lowest BCUT2D eigenvalue weighted by Gasteiger charge is -2.33. The number of benzene rings is 2. The highest BCUT2D eigenvalue weighted by Gasteiger charge is 2.28. The number of piperazine rings is 1. The number of nitrogens with zero attached hydrogens (tertiary/aromatic N) is 2. The van der Waals surface area contributed by atoms with Crippen LogP contribution in [0.5, 0.6) is 0 Å². The first-order valence-corrected chi connectivity index (χ1v) is 11.1. The monoisotopic (exact) mass is 463 g/mol. The predicted molar refractivity (Wildman–Crippen MR) is 114 cm³/mol. The van der Waals surface area contributed by atoms with Crippen LogP contribution in [0.15, 0.2) is 59.6 Å². The molecule has 4 rings (SSSR count). The fraction of sp³-hybridized carbons (Fsp3) is 0.238. The lowest BCUT2D eigenvalue weighted by atomic mass is 10.1. The molecule has 1 aromatic heterocycles. The van der Waals surface area contributed by atoms with E-state index in [-0.39, 0.29) is 4.90 Å². The van der Waals surface area contributed by atoms with Crippen LogP contribution in [-0.2, 0) is 26.2 Å². The van der Waals surface area contributed by atoms with Crippen molar-refractivity contribution >= 4 is 32.9 Å². The number of H-pyrrole nitrogens is 1. The first-order valence-electron chi connectivity index (χ1n) is 9.68. The van der Waals surface area contributed by atoms with E-state index in [1.54, 1.807) is 0 Å². The molecule has 3 aromatic rings. The maximum atomic E-state index is 13.0. The van der Waals surface area contributed by atoms with E-state index in [1.807, 2.05) is 24.4 Å². The minimum atomic E-state index is -3.57. The van der Waals surface area contributed by atoms with E-state index in [1.165, 1.54) is 39.5 Å². The second kappa shape index (κ2) is 9.90. The van der Waals surface area contributed by atoms with Crippen LogP contribution in [0.3, 0.4) is 0 Å². The summed E-state index contributed by atoms with van der Waals surface area (Å²) in [5, 5.41) is 16.0. The highest BCUT2D eigenvalue weighted by Crippen LogP contribution is 2.22. The molecule has 0 spiro atoms. The first kappa shape index (κ1) is 23.4. The third kappa shape index (κ3) is 5.49.